The monoisotopic (exact) mass is 270 g/mol. The fraction of sp³-hybridized carbons (Fsp3) is 0.200. The van der Waals surface area contributed by atoms with Gasteiger partial charge in [0.2, 0.25) is 0 Å². The van der Waals surface area contributed by atoms with Crippen LogP contribution < -0.4 is 5.73 Å². The van der Waals surface area contributed by atoms with Crippen LogP contribution in [0.2, 0.25) is 0 Å². The summed E-state index contributed by atoms with van der Waals surface area (Å²) in [6.07, 6.45) is 0. The van der Waals surface area contributed by atoms with Crippen molar-refractivity contribution in [2.75, 3.05) is 5.73 Å². The Bertz CT molecular complexity index is 652. The molecule has 1 aliphatic rings. The van der Waals surface area contributed by atoms with Crippen molar-refractivity contribution in [1.82, 2.24) is 4.31 Å². The van der Waals surface area contributed by atoms with Crippen LogP contribution >= 0.6 is 0 Å². The second-order valence-electron chi connectivity index (χ2n) is 3.88. The van der Waals surface area contributed by atoms with Crippen LogP contribution in [-0.2, 0) is 14.8 Å². The van der Waals surface area contributed by atoms with Crippen molar-refractivity contribution >= 4 is 27.6 Å². The van der Waals surface area contributed by atoms with Gasteiger partial charge in [0.1, 0.15) is 10.9 Å². The first-order valence-corrected chi connectivity index (χ1v) is 6.42. The molecular formula is C10H10N2O5S. The van der Waals surface area contributed by atoms with E-state index in [0.29, 0.717) is 4.31 Å². The van der Waals surface area contributed by atoms with E-state index in [1.165, 1.54) is 12.1 Å². The Balaban J connectivity index is 2.65. The van der Waals surface area contributed by atoms with E-state index in [-0.39, 0.29) is 16.1 Å². The molecule has 1 heterocycles. The van der Waals surface area contributed by atoms with Crippen LogP contribution in [0.4, 0.5) is 5.69 Å². The van der Waals surface area contributed by atoms with E-state index in [1.54, 1.807) is 0 Å². The number of fused-ring (bicyclic) bond motifs is 1. The number of carbonyl (C=O) groups excluding carboxylic acids is 1. The number of carboxylic acid groups (broad SMARTS) is 1. The highest BCUT2D eigenvalue weighted by Crippen LogP contribution is 2.33. The third-order valence-corrected chi connectivity index (χ3v) is 4.58. The number of sulfonamides is 1. The van der Waals surface area contributed by atoms with E-state index in [4.69, 9.17) is 10.8 Å². The van der Waals surface area contributed by atoms with Crippen LogP contribution in [0, 0.1) is 0 Å². The second-order valence-corrected chi connectivity index (χ2v) is 5.66. The van der Waals surface area contributed by atoms with Crippen LogP contribution in [0.25, 0.3) is 0 Å². The summed E-state index contributed by atoms with van der Waals surface area (Å²) in [7, 11) is -4.14. The average Bonchev–Trinajstić information content (AvgIpc) is 2.46. The first kappa shape index (κ1) is 12.4. The normalized spacial score (nSPS) is 18.5. The molecule has 0 fully saturated rings. The Labute approximate surface area is 103 Å². The molecule has 8 heteroatoms. The quantitative estimate of drug-likeness (QED) is 0.724. The van der Waals surface area contributed by atoms with Crippen LogP contribution in [0.3, 0.4) is 0 Å². The van der Waals surface area contributed by atoms with E-state index in [1.807, 2.05) is 0 Å². The summed E-state index contributed by atoms with van der Waals surface area (Å²) >= 11 is 0. The van der Waals surface area contributed by atoms with Gasteiger partial charge in [-0.25, -0.2) is 17.5 Å². The Morgan fingerprint density at radius 3 is 2.61 bits per heavy atom. The maximum Gasteiger partial charge on any atom is 0.327 e. The van der Waals surface area contributed by atoms with Crippen molar-refractivity contribution in [3.63, 3.8) is 0 Å². The molecule has 0 aliphatic carbocycles. The second kappa shape index (κ2) is 3.70. The molecule has 18 heavy (non-hydrogen) atoms. The maximum absolute atomic E-state index is 12.1. The number of aliphatic carboxylic acids is 1. The molecule has 0 saturated carbocycles. The smallest absolute Gasteiger partial charge is 0.327 e. The molecule has 1 aromatic carbocycles. The number of nitrogens with zero attached hydrogens (tertiary/aromatic N) is 1. The van der Waals surface area contributed by atoms with Crippen molar-refractivity contribution in [3.8, 4) is 0 Å². The average molecular weight is 270 g/mol. The molecule has 0 bridgehead atoms. The minimum atomic E-state index is -4.14. The molecule has 0 saturated heterocycles. The Morgan fingerprint density at radius 1 is 1.44 bits per heavy atom. The van der Waals surface area contributed by atoms with Crippen LogP contribution in [0.5, 0.6) is 0 Å². The van der Waals surface area contributed by atoms with Gasteiger partial charge in [-0.3, -0.25) is 4.79 Å². The van der Waals surface area contributed by atoms with Crippen molar-refractivity contribution < 1.29 is 23.1 Å². The predicted molar refractivity (Wildman–Crippen MR) is 61.3 cm³/mol. The number of nitrogen functional groups attached to an aromatic ring is 1. The lowest BCUT2D eigenvalue weighted by molar-refractivity contribution is -0.140. The molecule has 7 nitrogen and oxygen atoms in total. The number of anilines is 1. The summed E-state index contributed by atoms with van der Waals surface area (Å²) in [5, 5.41) is 8.84. The van der Waals surface area contributed by atoms with E-state index in [0.717, 1.165) is 13.0 Å². The molecule has 0 aromatic heterocycles. The largest absolute Gasteiger partial charge is 0.480 e. The lowest BCUT2D eigenvalue weighted by atomic mass is 10.2. The standard InChI is InChI=1S/C10H10N2O5S/c1-5(10(14)15)12-9(13)7-3-2-6(11)4-8(7)18(12,16)17/h2-5H,11H2,1H3,(H,14,15). The number of carbonyl (C=O) groups is 2. The highest BCUT2D eigenvalue weighted by atomic mass is 32.2. The minimum Gasteiger partial charge on any atom is -0.480 e. The summed E-state index contributed by atoms with van der Waals surface area (Å²) in [5.74, 6) is -2.24. The van der Waals surface area contributed by atoms with Gasteiger partial charge in [0, 0.05) is 5.69 Å². The number of hydrogen-bond donors (Lipinski definition) is 2. The summed E-state index contributed by atoms with van der Waals surface area (Å²) in [5.41, 5.74) is 5.60. The van der Waals surface area contributed by atoms with Crippen molar-refractivity contribution in [1.29, 1.82) is 0 Å². The summed E-state index contributed by atoms with van der Waals surface area (Å²) in [6.45, 7) is 1.13. The molecule has 0 spiro atoms. The molecule has 2 rings (SSSR count). The first-order valence-electron chi connectivity index (χ1n) is 4.98. The SMILES string of the molecule is CC(C(=O)O)N1C(=O)c2ccc(N)cc2S1(=O)=O. The zero-order valence-corrected chi connectivity index (χ0v) is 10.1. The van der Waals surface area contributed by atoms with E-state index >= 15 is 0 Å². The van der Waals surface area contributed by atoms with Crippen LogP contribution in [-0.4, -0.2) is 35.7 Å². The van der Waals surface area contributed by atoms with Gasteiger partial charge in [-0.05, 0) is 25.1 Å². The highest BCUT2D eigenvalue weighted by Gasteiger charge is 2.45. The van der Waals surface area contributed by atoms with Gasteiger partial charge in [-0.1, -0.05) is 0 Å². The van der Waals surface area contributed by atoms with Gasteiger partial charge in [0.15, 0.2) is 0 Å². The number of nitrogens with two attached hydrogens (primary N) is 1. The van der Waals surface area contributed by atoms with Gasteiger partial charge in [-0.15, -0.1) is 0 Å². The number of hydrogen-bond acceptors (Lipinski definition) is 5. The van der Waals surface area contributed by atoms with Crippen molar-refractivity contribution in [3.05, 3.63) is 23.8 Å². The Morgan fingerprint density at radius 2 is 2.06 bits per heavy atom. The topological polar surface area (TPSA) is 118 Å². The number of amides is 1. The van der Waals surface area contributed by atoms with E-state index in [9.17, 15) is 18.0 Å². The van der Waals surface area contributed by atoms with Gasteiger partial charge >= 0.3 is 5.97 Å². The Kier molecular flexibility index (Phi) is 2.54. The van der Waals surface area contributed by atoms with Crippen LogP contribution in [0.1, 0.15) is 17.3 Å². The van der Waals surface area contributed by atoms with Gasteiger partial charge < -0.3 is 10.8 Å². The molecule has 1 amide bonds. The third-order valence-electron chi connectivity index (χ3n) is 2.68. The molecule has 1 aliphatic heterocycles. The molecule has 96 valence electrons. The summed E-state index contributed by atoms with van der Waals surface area (Å²) < 4.78 is 24.5. The lowest BCUT2D eigenvalue weighted by Crippen LogP contribution is -2.42. The van der Waals surface area contributed by atoms with Crippen molar-refractivity contribution in [2.45, 2.75) is 17.9 Å². The fourth-order valence-electron chi connectivity index (χ4n) is 1.75. The van der Waals surface area contributed by atoms with E-state index < -0.39 is 27.9 Å². The predicted octanol–water partition coefficient (Wildman–Crippen LogP) is -0.114. The van der Waals surface area contributed by atoms with Crippen LogP contribution in [0.15, 0.2) is 23.1 Å². The fourth-order valence-corrected chi connectivity index (χ4v) is 3.50. The third kappa shape index (κ3) is 1.53. The molecule has 0 radical (unpaired) electrons. The maximum atomic E-state index is 12.1. The molecule has 1 aromatic rings. The summed E-state index contributed by atoms with van der Waals surface area (Å²) in [4.78, 5) is 22.5. The number of rotatable bonds is 2. The highest BCUT2D eigenvalue weighted by molar-refractivity contribution is 7.90. The molecule has 1 atom stereocenters. The number of benzene rings is 1. The van der Waals surface area contributed by atoms with E-state index in [2.05, 4.69) is 0 Å². The minimum absolute atomic E-state index is 0.0581. The van der Waals surface area contributed by atoms with Gasteiger partial charge in [-0.2, -0.15) is 0 Å². The zero-order valence-electron chi connectivity index (χ0n) is 9.32. The molecule has 1 unspecified atom stereocenters. The lowest BCUT2D eigenvalue weighted by Gasteiger charge is -2.19. The molecule has 3 N–H and O–H groups in total. The molecular weight excluding hydrogens is 260 g/mol. The zero-order chi connectivity index (χ0) is 13.7. The first-order chi connectivity index (χ1) is 8.26. The summed E-state index contributed by atoms with van der Waals surface area (Å²) in [6, 6.07) is 2.35. The van der Waals surface area contributed by atoms with Gasteiger partial charge in [0.05, 0.1) is 5.56 Å². The van der Waals surface area contributed by atoms with Crippen molar-refractivity contribution in [2.24, 2.45) is 0 Å². The van der Waals surface area contributed by atoms with Gasteiger partial charge in [0.25, 0.3) is 15.9 Å². The number of carboxylic acids is 1. The Hall–Kier alpha value is -2.09.